The minimum Gasteiger partial charge on any atom is -0.218 e. The fourth-order valence-corrected chi connectivity index (χ4v) is 2.92. The van der Waals surface area contributed by atoms with Crippen LogP contribution in [0.15, 0.2) is 58.3 Å². The van der Waals surface area contributed by atoms with E-state index in [1.165, 1.54) is 36.4 Å². The van der Waals surface area contributed by atoms with E-state index < -0.39 is 20.6 Å². The first-order valence-electron chi connectivity index (χ1n) is 6.12. The molecule has 2 aromatic rings. The monoisotopic (exact) mass is 301 g/mol. The Morgan fingerprint density at radius 3 is 2.43 bits per heavy atom. The van der Waals surface area contributed by atoms with Crippen molar-refractivity contribution < 1.29 is 12.8 Å². The summed E-state index contributed by atoms with van der Waals surface area (Å²) in [5, 5.41) is 9.12. The van der Waals surface area contributed by atoms with Gasteiger partial charge in [-0.1, -0.05) is 29.8 Å². The molecule has 0 N–H and O–H groups in total. The molecule has 2 aromatic carbocycles. The van der Waals surface area contributed by atoms with Crippen molar-refractivity contribution >= 4 is 15.9 Å². The molecule has 106 valence electrons. The molecule has 0 saturated heterocycles. The van der Waals surface area contributed by atoms with Gasteiger partial charge in [-0.25, -0.2) is 12.8 Å². The van der Waals surface area contributed by atoms with Crippen molar-refractivity contribution in [3.8, 4) is 6.07 Å². The molecule has 2 rings (SSSR count). The van der Waals surface area contributed by atoms with Crippen molar-refractivity contribution in [1.29, 1.82) is 5.26 Å². The van der Waals surface area contributed by atoms with Crippen molar-refractivity contribution in [2.24, 2.45) is 0 Å². The molecule has 0 aromatic heterocycles. The summed E-state index contributed by atoms with van der Waals surface area (Å²) in [7, 11) is -3.90. The third kappa shape index (κ3) is 3.36. The normalized spacial score (nSPS) is 12.0. The topological polar surface area (TPSA) is 57.9 Å². The van der Waals surface area contributed by atoms with Crippen molar-refractivity contribution in [2.45, 2.75) is 11.8 Å². The van der Waals surface area contributed by atoms with E-state index >= 15 is 0 Å². The third-order valence-electron chi connectivity index (χ3n) is 2.88. The molecule has 0 saturated carbocycles. The van der Waals surface area contributed by atoms with Gasteiger partial charge in [0.25, 0.3) is 0 Å². The average molecular weight is 301 g/mol. The molecular formula is C16H12FNO2S. The van der Waals surface area contributed by atoms with Crippen LogP contribution in [0.3, 0.4) is 0 Å². The minimum absolute atomic E-state index is 0.0392. The average Bonchev–Trinajstić information content (AvgIpc) is 2.45. The van der Waals surface area contributed by atoms with Crippen molar-refractivity contribution in [3.05, 3.63) is 70.4 Å². The number of nitrogens with zero attached hydrogens (tertiary/aromatic N) is 1. The van der Waals surface area contributed by atoms with Crippen molar-refractivity contribution in [3.63, 3.8) is 0 Å². The Morgan fingerprint density at radius 2 is 1.86 bits per heavy atom. The highest BCUT2D eigenvalue weighted by Gasteiger charge is 2.20. The van der Waals surface area contributed by atoms with Crippen LogP contribution in [0, 0.1) is 24.1 Å². The van der Waals surface area contributed by atoms with Gasteiger partial charge in [0.2, 0.25) is 9.84 Å². The number of nitriles is 1. The van der Waals surface area contributed by atoms with Gasteiger partial charge >= 0.3 is 0 Å². The molecule has 0 radical (unpaired) electrons. The molecule has 0 atom stereocenters. The lowest BCUT2D eigenvalue weighted by atomic mass is 10.2. The Labute approximate surface area is 122 Å². The maximum Gasteiger partial charge on any atom is 0.216 e. The van der Waals surface area contributed by atoms with E-state index in [9.17, 15) is 12.8 Å². The maximum absolute atomic E-state index is 13.1. The summed E-state index contributed by atoms with van der Waals surface area (Å²) in [5.74, 6) is -0.492. The lowest BCUT2D eigenvalue weighted by Gasteiger charge is -2.04. The van der Waals surface area contributed by atoms with Gasteiger partial charge in [0.1, 0.15) is 16.8 Å². The second-order valence-corrected chi connectivity index (χ2v) is 6.41. The molecule has 0 heterocycles. The molecule has 21 heavy (non-hydrogen) atoms. The Balaban J connectivity index is 2.50. The molecule has 0 aliphatic carbocycles. The zero-order chi connectivity index (χ0) is 15.5. The van der Waals surface area contributed by atoms with E-state index in [1.54, 1.807) is 18.2 Å². The number of sulfone groups is 1. The first-order valence-corrected chi connectivity index (χ1v) is 7.61. The second-order valence-electron chi connectivity index (χ2n) is 4.49. The first kappa shape index (κ1) is 14.9. The number of halogens is 1. The van der Waals surface area contributed by atoms with E-state index in [0.717, 1.165) is 11.6 Å². The van der Waals surface area contributed by atoms with Crippen LogP contribution < -0.4 is 0 Å². The Morgan fingerprint density at radius 1 is 1.19 bits per heavy atom. The van der Waals surface area contributed by atoms with E-state index in [-0.39, 0.29) is 4.90 Å². The van der Waals surface area contributed by atoms with Crippen LogP contribution in [0.5, 0.6) is 0 Å². The van der Waals surface area contributed by atoms with Gasteiger partial charge in [-0.2, -0.15) is 5.26 Å². The summed E-state index contributed by atoms with van der Waals surface area (Å²) in [6, 6.07) is 13.3. The van der Waals surface area contributed by atoms with Crippen LogP contribution >= 0.6 is 0 Å². The molecule has 0 fully saturated rings. The summed E-state index contributed by atoms with van der Waals surface area (Å²) in [6.07, 6.45) is 1.16. The molecule has 0 aliphatic heterocycles. The zero-order valence-electron chi connectivity index (χ0n) is 11.2. The highest BCUT2D eigenvalue weighted by molar-refractivity contribution is 7.95. The van der Waals surface area contributed by atoms with Crippen LogP contribution in [-0.4, -0.2) is 8.42 Å². The van der Waals surface area contributed by atoms with Crippen LogP contribution in [0.4, 0.5) is 4.39 Å². The number of benzene rings is 2. The highest BCUT2D eigenvalue weighted by atomic mass is 32.2. The van der Waals surface area contributed by atoms with Gasteiger partial charge in [0, 0.05) is 0 Å². The first-order chi connectivity index (χ1) is 9.93. The van der Waals surface area contributed by atoms with E-state index in [0.29, 0.717) is 5.56 Å². The molecule has 0 spiro atoms. The van der Waals surface area contributed by atoms with Crippen molar-refractivity contribution in [1.82, 2.24) is 0 Å². The van der Waals surface area contributed by atoms with Crippen LogP contribution in [0.2, 0.25) is 0 Å². The molecule has 0 amide bonds. The number of aryl methyl sites for hydroxylation is 1. The van der Waals surface area contributed by atoms with E-state index in [1.807, 2.05) is 6.92 Å². The minimum atomic E-state index is -3.90. The summed E-state index contributed by atoms with van der Waals surface area (Å²) in [5.41, 5.74) is 1.24. The standard InChI is InChI=1S/C16H12FNO2S/c1-12-5-7-15(8-6-12)21(19,20)16(11-18)10-13-3-2-4-14(17)9-13/h2-10H,1H3/b16-10+. The second kappa shape index (κ2) is 5.90. The molecule has 3 nitrogen and oxygen atoms in total. The number of allylic oxidation sites excluding steroid dienone is 1. The zero-order valence-corrected chi connectivity index (χ0v) is 12.1. The highest BCUT2D eigenvalue weighted by Crippen LogP contribution is 2.21. The van der Waals surface area contributed by atoms with Gasteiger partial charge < -0.3 is 0 Å². The van der Waals surface area contributed by atoms with Gasteiger partial charge in [0.15, 0.2) is 0 Å². The molecule has 5 heteroatoms. The molecule has 0 bridgehead atoms. The van der Waals surface area contributed by atoms with E-state index in [4.69, 9.17) is 5.26 Å². The summed E-state index contributed by atoms with van der Waals surface area (Å²) in [4.78, 5) is -0.380. The lowest BCUT2D eigenvalue weighted by molar-refractivity contribution is 0.603. The lowest BCUT2D eigenvalue weighted by Crippen LogP contribution is -2.03. The molecule has 0 unspecified atom stereocenters. The van der Waals surface area contributed by atoms with E-state index in [2.05, 4.69) is 0 Å². The Bertz CT molecular complexity index is 831. The summed E-state index contributed by atoms with van der Waals surface area (Å²) in [6.45, 7) is 1.84. The smallest absolute Gasteiger partial charge is 0.216 e. The number of hydrogen-bond donors (Lipinski definition) is 0. The Hall–Kier alpha value is -2.45. The fraction of sp³-hybridized carbons (Fsp3) is 0.0625. The van der Waals surface area contributed by atoms with Crippen LogP contribution in [-0.2, 0) is 9.84 Å². The molecular weight excluding hydrogens is 289 g/mol. The van der Waals surface area contributed by atoms with Crippen LogP contribution in [0.25, 0.3) is 6.08 Å². The van der Waals surface area contributed by atoms with Gasteiger partial charge in [-0.05, 0) is 42.8 Å². The Kier molecular flexibility index (Phi) is 4.20. The van der Waals surface area contributed by atoms with Gasteiger partial charge in [-0.15, -0.1) is 0 Å². The molecule has 0 aliphatic rings. The predicted molar refractivity (Wildman–Crippen MR) is 78.4 cm³/mol. The third-order valence-corrected chi connectivity index (χ3v) is 4.56. The number of rotatable bonds is 3. The predicted octanol–water partition coefficient (Wildman–Crippen LogP) is 3.47. The SMILES string of the molecule is Cc1ccc(S(=O)(=O)/C(C#N)=C/c2cccc(F)c2)cc1. The quantitative estimate of drug-likeness (QED) is 0.816. The maximum atomic E-state index is 13.1. The summed E-state index contributed by atoms with van der Waals surface area (Å²) >= 11 is 0. The van der Waals surface area contributed by atoms with Gasteiger partial charge in [0.05, 0.1) is 4.90 Å². The van der Waals surface area contributed by atoms with Crippen LogP contribution in [0.1, 0.15) is 11.1 Å². The fourth-order valence-electron chi connectivity index (χ4n) is 1.76. The number of hydrogen-bond acceptors (Lipinski definition) is 3. The van der Waals surface area contributed by atoms with Gasteiger partial charge in [-0.3, -0.25) is 0 Å². The summed E-state index contributed by atoms with van der Waals surface area (Å²) < 4.78 is 37.9. The van der Waals surface area contributed by atoms with Crippen molar-refractivity contribution in [2.75, 3.05) is 0 Å². The largest absolute Gasteiger partial charge is 0.218 e.